The number of hydrogen-bond donors (Lipinski definition) is 2. The Kier molecular flexibility index (Phi) is 4.24. The fourth-order valence-corrected chi connectivity index (χ4v) is 2.17. The summed E-state index contributed by atoms with van der Waals surface area (Å²) in [4.78, 5) is 23.8. The van der Waals surface area contributed by atoms with Crippen LogP contribution in [0.1, 0.15) is 13.3 Å². The number of rotatable bonds is 3. The first-order valence-electron chi connectivity index (χ1n) is 6.40. The van der Waals surface area contributed by atoms with Gasteiger partial charge in [-0.1, -0.05) is 0 Å². The Morgan fingerprint density at radius 3 is 2.67 bits per heavy atom. The standard InChI is InChI=1S/C15H15N3O3/c1-9-13(8-16)12(7-14(19)17-9)15(20)18-10-3-5-11(21-2)6-4-10/h3-6,12H,7H2,1-2H3,(H,17,19)(H,18,20). The summed E-state index contributed by atoms with van der Waals surface area (Å²) in [6.45, 7) is 1.61. The van der Waals surface area contributed by atoms with Gasteiger partial charge in [-0.2, -0.15) is 5.26 Å². The molecule has 6 nitrogen and oxygen atoms in total. The molecule has 0 fully saturated rings. The van der Waals surface area contributed by atoms with Gasteiger partial charge < -0.3 is 15.4 Å². The van der Waals surface area contributed by atoms with E-state index in [1.165, 1.54) is 0 Å². The van der Waals surface area contributed by atoms with Crippen LogP contribution in [0.2, 0.25) is 0 Å². The first kappa shape index (κ1) is 14.6. The van der Waals surface area contributed by atoms with Gasteiger partial charge in [-0.3, -0.25) is 9.59 Å². The summed E-state index contributed by atoms with van der Waals surface area (Å²) < 4.78 is 5.04. The minimum atomic E-state index is -0.758. The zero-order valence-corrected chi connectivity index (χ0v) is 11.8. The van der Waals surface area contributed by atoms with Crippen LogP contribution in [0.3, 0.4) is 0 Å². The molecule has 0 aliphatic carbocycles. The Morgan fingerprint density at radius 2 is 2.10 bits per heavy atom. The summed E-state index contributed by atoms with van der Waals surface area (Å²) in [7, 11) is 1.56. The number of nitrogens with one attached hydrogen (secondary N) is 2. The first-order chi connectivity index (χ1) is 10.0. The Hall–Kier alpha value is -2.81. The van der Waals surface area contributed by atoms with Gasteiger partial charge in [0, 0.05) is 17.8 Å². The van der Waals surface area contributed by atoms with Gasteiger partial charge in [0.2, 0.25) is 11.8 Å². The van der Waals surface area contributed by atoms with Crippen molar-refractivity contribution in [1.82, 2.24) is 5.32 Å². The molecule has 6 heteroatoms. The molecule has 1 unspecified atom stereocenters. The third-order valence-electron chi connectivity index (χ3n) is 3.26. The SMILES string of the molecule is COc1ccc(NC(=O)C2CC(=O)NC(C)=C2C#N)cc1. The first-order valence-corrected chi connectivity index (χ1v) is 6.40. The van der Waals surface area contributed by atoms with Crippen molar-refractivity contribution in [3.8, 4) is 11.8 Å². The topological polar surface area (TPSA) is 91.2 Å². The maximum atomic E-state index is 12.3. The van der Waals surface area contributed by atoms with Gasteiger partial charge in [0.1, 0.15) is 5.75 Å². The number of hydrogen-bond acceptors (Lipinski definition) is 4. The van der Waals surface area contributed by atoms with E-state index in [-0.39, 0.29) is 18.2 Å². The second-order valence-electron chi connectivity index (χ2n) is 4.67. The van der Waals surface area contributed by atoms with Gasteiger partial charge in [0.05, 0.1) is 24.7 Å². The number of nitriles is 1. The molecule has 108 valence electrons. The predicted octanol–water partition coefficient (Wildman–Crippen LogP) is 1.57. The maximum Gasteiger partial charge on any atom is 0.233 e. The van der Waals surface area contributed by atoms with Gasteiger partial charge in [-0.25, -0.2) is 0 Å². The summed E-state index contributed by atoms with van der Waals surface area (Å²) in [6.07, 6.45) is -0.0256. The molecule has 0 bridgehead atoms. The molecule has 2 N–H and O–H groups in total. The van der Waals surface area contributed by atoms with E-state index in [0.717, 1.165) is 0 Å². The molecule has 0 radical (unpaired) electrons. The van der Waals surface area contributed by atoms with E-state index >= 15 is 0 Å². The molecular weight excluding hydrogens is 270 g/mol. The van der Waals surface area contributed by atoms with E-state index < -0.39 is 5.92 Å². The lowest BCUT2D eigenvalue weighted by atomic mass is 9.90. The van der Waals surface area contributed by atoms with E-state index in [9.17, 15) is 9.59 Å². The normalized spacial score (nSPS) is 17.8. The van der Waals surface area contributed by atoms with Crippen LogP contribution in [-0.2, 0) is 9.59 Å². The number of benzene rings is 1. The van der Waals surface area contributed by atoms with Gasteiger partial charge in [-0.15, -0.1) is 0 Å². The highest BCUT2D eigenvalue weighted by molar-refractivity contribution is 5.99. The van der Waals surface area contributed by atoms with Crippen molar-refractivity contribution in [3.05, 3.63) is 35.5 Å². The van der Waals surface area contributed by atoms with Crippen LogP contribution in [0.15, 0.2) is 35.5 Å². The molecule has 1 heterocycles. The average Bonchev–Trinajstić information content (AvgIpc) is 2.47. The van der Waals surface area contributed by atoms with Crippen molar-refractivity contribution in [2.45, 2.75) is 13.3 Å². The highest BCUT2D eigenvalue weighted by Crippen LogP contribution is 2.24. The molecule has 0 aromatic heterocycles. The number of amides is 2. The van der Waals surface area contributed by atoms with Crippen LogP contribution in [0.4, 0.5) is 5.69 Å². The smallest absolute Gasteiger partial charge is 0.233 e. The van der Waals surface area contributed by atoms with Gasteiger partial charge in [-0.05, 0) is 31.2 Å². The second-order valence-corrected chi connectivity index (χ2v) is 4.67. The molecule has 1 aliphatic heterocycles. The molecule has 21 heavy (non-hydrogen) atoms. The minimum Gasteiger partial charge on any atom is -0.497 e. The summed E-state index contributed by atoms with van der Waals surface area (Å²) in [6, 6.07) is 8.82. The molecule has 0 saturated heterocycles. The summed E-state index contributed by atoms with van der Waals surface area (Å²) in [5, 5.41) is 14.4. The lowest BCUT2D eigenvalue weighted by Gasteiger charge is -2.22. The Morgan fingerprint density at radius 1 is 1.43 bits per heavy atom. The Balaban J connectivity index is 2.17. The largest absolute Gasteiger partial charge is 0.497 e. The van der Waals surface area contributed by atoms with E-state index in [2.05, 4.69) is 10.6 Å². The lowest BCUT2D eigenvalue weighted by Crippen LogP contribution is -2.37. The van der Waals surface area contributed by atoms with Crippen molar-refractivity contribution in [2.24, 2.45) is 5.92 Å². The fraction of sp³-hybridized carbons (Fsp3) is 0.267. The van der Waals surface area contributed by atoms with Crippen molar-refractivity contribution in [3.63, 3.8) is 0 Å². The van der Waals surface area contributed by atoms with E-state index in [1.807, 2.05) is 6.07 Å². The molecule has 1 aliphatic rings. The fourth-order valence-electron chi connectivity index (χ4n) is 2.17. The molecular formula is C15H15N3O3. The van der Waals surface area contributed by atoms with Crippen molar-refractivity contribution >= 4 is 17.5 Å². The molecule has 2 rings (SSSR count). The second kappa shape index (κ2) is 6.09. The van der Waals surface area contributed by atoms with E-state index in [4.69, 9.17) is 10.00 Å². The number of allylic oxidation sites excluding steroid dienone is 1. The zero-order chi connectivity index (χ0) is 15.4. The number of ether oxygens (including phenoxy) is 1. The maximum absolute atomic E-state index is 12.3. The quantitative estimate of drug-likeness (QED) is 0.881. The van der Waals surface area contributed by atoms with Crippen LogP contribution < -0.4 is 15.4 Å². The van der Waals surface area contributed by atoms with Gasteiger partial charge in [0.15, 0.2) is 0 Å². The average molecular weight is 285 g/mol. The number of methoxy groups -OCH3 is 1. The molecule has 1 aromatic carbocycles. The van der Waals surface area contributed by atoms with Crippen LogP contribution >= 0.6 is 0 Å². The number of nitrogens with zero attached hydrogens (tertiary/aromatic N) is 1. The third kappa shape index (κ3) is 3.20. The van der Waals surface area contributed by atoms with Crippen molar-refractivity contribution in [2.75, 3.05) is 12.4 Å². The van der Waals surface area contributed by atoms with Crippen molar-refractivity contribution in [1.29, 1.82) is 5.26 Å². The molecule has 1 atom stereocenters. The van der Waals surface area contributed by atoms with Gasteiger partial charge in [0.25, 0.3) is 0 Å². The number of carbonyl (C=O) groups excluding carboxylic acids is 2. The Bertz CT molecular complexity index is 641. The summed E-state index contributed by atoms with van der Waals surface area (Å²) >= 11 is 0. The number of anilines is 1. The van der Waals surface area contributed by atoms with Crippen LogP contribution in [0.25, 0.3) is 0 Å². The third-order valence-corrected chi connectivity index (χ3v) is 3.26. The van der Waals surface area contributed by atoms with E-state index in [0.29, 0.717) is 22.7 Å². The monoisotopic (exact) mass is 285 g/mol. The van der Waals surface area contributed by atoms with Crippen molar-refractivity contribution < 1.29 is 14.3 Å². The highest BCUT2D eigenvalue weighted by Gasteiger charge is 2.31. The van der Waals surface area contributed by atoms with E-state index in [1.54, 1.807) is 38.3 Å². The number of carbonyl (C=O) groups is 2. The van der Waals surface area contributed by atoms with Crippen LogP contribution in [0.5, 0.6) is 5.75 Å². The molecule has 1 aromatic rings. The summed E-state index contributed by atoms with van der Waals surface area (Å²) in [5.41, 5.74) is 1.31. The van der Waals surface area contributed by atoms with Gasteiger partial charge >= 0.3 is 0 Å². The molecule has 2 amide bonds. The summed E-state index contributed by atoms with van der Waals surface area (Å²) in [5.74, 6) is -0.711. The van der Waals surface area contributed by atoms with Crippen LogP contribution in [-0.4, -0.2) is 18.9 Å². The zero-order valence-electron chi connectivity index (χ0n) is 11.8. The highest BCUT2D eigenvalue weighted by atomic mass is 16.5. The molecule has 0 saturated carbocycles. The molecule has 0 spiro atoms. The predicted molar refractivity (Wildman–Crippen MR) is 76.2 cm³/mol. The minimum absolute atomic E-state index is 0.0256. The van der Waals surface area contributed by atoms with Crippen LogP contribution in [0, 0.1) is 17.2 Å². The Labute approximate surface area is 122 Å². The lowest BCUT2D eigenvalue weighted by molar-refractivity contribution is -0.126.